The van der Waals surface area contributed by atoms with E-state index in [4.69, 9.17) is 4.43 Å². The molecule has 0 aliphatic carbocycles. The van der Waals surface area contributed by atoms with Crippen molar-refractivity contribution in [3.63, 3.8) is 0 Å². The second-order valence-electron chi connectivity index (χ2n) is 14.2. The third-order valence-electron chi connectivity index (χ3n) is 9.95. The van der Waals surface area contributed by atoms with Gasteiger partial charge in [-0.3, -0.25) is 14.3 Å². The molecule has 8 nitrogen and oxygen atoms in total. The molecule has 1 aromatic heterocycles. The van der Waals surface area contributed by atoms with Gasteiger partial charge in [-0.1, -0.05) is 74.6 Å². The number of carboxylic acid groups (broad SMARTS) is 1. The van der Waals surface area contributed by atoms with Crippen LogP contribution in [0.5, 0.6) is 0 Å². The van der Waals surface area contributed by atoms with Crippen molar-refractivity contribution in [2.45, 2.75) is 151 Å². The van der Waals surface area contributed by atoms with Crippen molar-refractivity contribution < 1.29 is 23.9 Å². The molecule has 252 valence electrons. The van der Waals surface area contributed by atoms with Crippen LogP contribution in [0.15, 0.2) is 6.07 Å². The molecule has 1 saturated heterocycles. The van der Waals surface area contributed by atoms with E-state index in [1.54, 1.807) is 4.90 Å². The molecule has 1 N–H and O–H groups in total. The van der Waals surface area contributed by atoms with Crippen LogP contribution in [0.2, 0.25) is 18.1 Å². The first-order valence-electron chi connectivity index (χ1n) is 17.1. The largest absolute Gasteiger partial charge is 0.477 e. The third kappa shape index (κ3) is 8.55. The Morgan fingerprint density at radius 2 is 1.55 bits per heavy atom. The molecule has 1 aliphatic rings. The first kappa shape index (κ1) is 38.5. The molecule has 2 rings (SSSR count). The summed E-state index contributed by atoms with van der Waals surface area (Å²) in [6, 6.07) is 1.28. The normalized spacial score (nSPS) is 18.3. The van der Waals surface area contributed by atoms with Gasteiger partial charge in [-0.25, -0.2) is 4.79 Å². The van der Waals surface area contributed by atoms with Gasteiger partial charge in [-0.2, -0.15) is 5.10 Å². The Balaban J connectivity index is 2.73. The molecule has 1 amide bonds. The van der Waals surface area contributed by atoms with Gasteiger partial charge in [-0.05, 0) is 82.2 Å². The minimum absolute atomic E-state index is 0.0393. The Morgan fingerprint density at radius 1 is 1.02 bits per heavy atom. The van der Waals surface area contributed by atoms with E-state index < -0.39 is 39.2 Å². The van der Waals surface area contributed by atoms with Gasteiger partial charge >= 0.3 is 5.97 Å². The SMILES string of the molecule is CCCCP(CCCC)(CCCC)=C(C(=O)O)N1C(=O)[C@H]([C@@H](C)O[Si](C)(C)C(C)(C)C)[C@H]1CC(=O)c1cc(CC)n(CC)n1. The summed E-state index contributed by atoms with van der Waals surface area (Å²) >= 11 is 0. The number of hydrogen-bond donors (Lipinski definition) is 1. The minimum Gasteiger partial charge on any atom is -0.477 e. The third-order valence-corrected chi connectivity index (χ3v) is 19.4. The first-order valence-corrected chi connectivity index (χ1v) is 22.4. The van der Waals surface area contributed by atoms with Gasteiger partial charge in [0, 0.05) is 18.7 Å². The van der Waals surface area contributed by atoms with Gasteiger partial charge in [0.15, 0.2) is 14.1 Å². The quantitative estimate of drug-likeness (QED) is 0.0706. The number of aromatic nitrogens is 2. The number of likely N-dealkylation sites (tertiary alicyclic amines) is 1. The maximum Gasteiger partial charge on any atom is 0.352 e. The molecule has 1 aromatic rings. The number of β-lactam (4-membered cyclic amide) rings is 1. The zero-order valence-electron chi connectivity index (χ0n) is 29.7. The number of aliphatic carboxylic acids is 1. The highest BCUT2D eigenvalue weighted by Gasteiger charge is 2.56. The summed E-state index contributed by atoms with van der Waals surface area (Å²) in [6.45, 7) is 21.7. The Morgan fingerprint density at radius 3 is 1.93 bits per heavy atom. The summed E-state index contributed by atoms with van der Waals surface area (Å²) in [4.78, 5) is 43.1. The smallest absolute Gasteiger partial charge is 0.352 e. The summed E-state index contributed by atoms with van der Waals surface area (Å²) < 4.78 is 8.58. The van der Waals surface area contributed by atoms with Crippen molar-refractivity contribution in [1.29, 1.82) is 0 Å². The fourth-order valence-corrected chi connectivity index (χ4v) is 12.9. The maximum absolute atomic E-state index is 14.3. The first-order chi connectivity index (χ1) is 20.5. The summed E-state index contributed by atoms with van der Waals surface area (Å²) in [5.41, 5.74) is 1.69. The average Bonchev–Trinajstić information content (AvgIpc) is 3.38. The second-order valence-corrected chi connectivity index (χ2v) is 23.0. The number of aryl methyl sites for hydroxylation is 2. The van der Waals surface area contributed by atoms with Gasteiger partial charge in [0.25, 0.3) is 0 Å². The monoisotopic (exact) mass is 651 g/mol. The standard InChI is InChI=1S/C34H62N3O5PSi/c1-12-17-20-43(21-18-13-2,22-19-14-3)32(33(40)41)37-28(24-29(38)27-23-26(15-4)36(16-5)35-27)30(31(37)39)25(6)42-44(10,11)34(7,8)9/h23,25,28,30H,12-22,24H2,1-11H3,(H,40,41)/t25-,28-,30-/m1/s1. The molecule has 0 bridgehead atoms. The zero-order chi connectivity index (χ0) is 33.5. The van der Waals surface area contributed by atoms with Crippen LogP contribution >= 0.6 is 6.89 Å². The second kappa shape index (κ2) is 16.2. The average molecular weight is 652 g/mol. The number of hydrogen-bond acceptors (Lipinski definition) is 5. The zero-order valence-corrected chi connectivity index (χ0v) is 31.6. The molecule has 1 aliphatic heterocycles. The van der Waals surface area contributed by atoms with E-state index in [2.05, 4.69) is 59.7 Å². The summed E-state index contributed by atoms with van der Waals surface area (Å²) in [5, 5.41) is 15.5. The highest BCUT2D eigenvalue weighted by Crippen LogP contribution is 2.54. The number of nitrogens with zero attached hydrogens (tertiary/aromatic N) is 3. The summed E-state index contributed by atoms with van der Waals surface area (Å²) in [5.74, 6) is -1.92. The molecule has 0 radical (unpaired) electrons. The molecule has 0 spiro atoms. The number of rotatable bonds is 19. The van der Waals surface area contributed by atoms with Crippen LogP contribution in [0.25, 0.3) is 0 Å². The highest BCUT2D eigenvalue weighted by molar-refractivity contribution is 7.77. The molecule has 1 fully saturated rings. The lowest BCUT2D eigenvalue weighted by Gasteiger charge is -2.52. The predicted molar refractivity (Wildman–Crippen MR) is 187 cm³/mol. The van der Waals surface area contributed by atoms with Crippen LogP contribution in [0.1, 0.15) is 123 Å². The number of carboxylic acids is 1. The Labute approximate surface area is 268 Å². The maximum atomic E-state index is 14.3. The molecule has 0 saturated carbocycles. The lowest BCUT2D eigenvalue weighted by atomic mass is 9.80. The van der Waals surface area contributed by atoms with Gasteiger partial charge in [0.05, 0.1) is 18.1 Å². The van der Waals surface area contributed by atoms with E-state index in [0.717, 1.165) is 69.1 Å². The van der Waals surface area contributed by atoms with E-state index >= 15 is 0 Å². The molecule has 44 heavy (non-hydrogen) atoms. The number of amides is 1. The van der Waals surface area contributed by atoms with Crippen molar-refractivity contribution in [1.82, 2.24) is 14.7 Å². The number of unbranched alkanes of at least 4 members (excludes halogenated alkanes) is 3. The van der Waals surface area contributed by atoms with Crippen molar-refractivity contribution in [2.24, 2.45) is 5.92 Å². The Bertz CT molecular complexity index is 1150. The van der Waals surface area contributed by atoms with E-state index in [1.165, 1.54) is 0 Å². The van der Waals surface area contributed by atoms with Crippen LogP contribution in [0.3, 0.4) is 0 Å². The molecule has 3 atom stereocenters. The predicted octanol–water partition coefficient (Wildman–Crippen LogP) is 7.91. The lowest BCUT2D eigenvalue weighted by molar-refractivity contribution is -0.155. The highest BCUT2D eigenvalue weighted by atomic mass is 31.2. The van der Waals surface area contributed by atoms with Crippen LogP contribution < -0.4 is 0 Å². The molecule has 10 heteroatoms. The van der Waals surface area contributed by atoms with Gasteiger partial charge in [0.2, 0.25) is 5.91 Å². The Kier molecular flexibility index (Phi) is 14.2. The molecule has 0 unspecified atom stereocenters. The number of ketones is 1. The van der Waals surface area contributed by atoms with Crippen molar-refractivity contribution in [3.8, 4) is 0 Å². The molecular formula is C34H62N3O5PSi. The number of carbonyl (C=O) groups is 3. The van der Waals surface area contributed by atoms with Gasteiger partial charge < -0.3 is 14.4 Å². The van der Waals surface area contributed by atoms with Crippen molar-refractivity contribution >= 4 is 38.3 Å². The van der Waals surface area contributed by atoms with Crippen molar-refractivity contribution in [2.75, 3.05) is 18.5 Å². The number of carbonyl (C=O) groups excluding carboxylic acids is 2. The van der Waals surface area contributed by atoms with Crippen LogP contribution in [0.4, 0.5) is 0 Å². The molecule has 0 aromatic carbocycles. The lowest BCUT2D eigenvalue weighted by Crippen LogP contribution is -2.69. The topological polar surface area (TPSA) is 102 Å². The van der Waals surface area contributed by atoms with Gasteiger partial charge in [0.1, 0.15) is 11.1 Å². The van der Waals surface area contributed by atoms with E-state index in [1.807, 2.05) is 31.5 Å². The van der Waals surface area contributed by atoms with Gasteiger partial charge in [-0.15, -0.1) is 0 Å². The van der Waals surface area contributed by atoms with Crippen LogP contribution in [0, 0.1) is 5.92 Å². The van der Waals surface area contributed by atoms with E-state index in [-0.39, 0.29) is 23.1 Å². The fourth-order valence-electron chi connectivity index (χ4n) is 6.29. The fraction of sp³-hybridized carbons (Fsp3) is 0.794. The van der Waals surface area contributed by atoms with E-state index in [9.17, 15) is 19.5 Å². The van der Waals surface area contributed by atoms with Crippen molar-refractivity contribution in [3.05, 3.63) is 17.5 Å². The van der Waals surface area contributed by atoms with E-state index in [0.29, 0.717) is 17.7 Å². The van der Waals surface area contributed by atoms with Crippen LogP contribution in [-0.4, -0.2) is 81.8 Å². The molecular weight excluding hydrogens is 589 g/mol. The van der Waals surface area contributed by atoms with Crippen LogP contribution in [-0.2, 0) is 27.0 Å². The Hall–Kier alpha value is -1.70. The molecule has 2 heterocycles. The minimum atomic E-state index is -2.24. The summed E-state index contributed by atoms with van der Waals surface area (Å²) in [6.07, 6.45) is 8.60. The summed E-state index contributed by atoms with van der Waals surface area (Å²) in [7, 11) is -2.24. The number of Topliss-reactive ketones (excluding diaryl/α,β-unsaturated/α-hetero) is 1.